The van der Waals surface area contributed by atoms with E-state index in [0.717, 1.165) is 15.9 Å². The van der Waals surface area contributed by atoms with E-state index in [1.807, 2.05) is 35.8 Å². The van der Waals surface area contributed by atoms with Crippen LogP contribution in [0.3, 0.4) is 0 Å². The van der Waals surface area contributed by atoms with Gasteiger partial charge in [0.2, 0.25) is 6.54 Å². The van der Waals surface area contributed by atoms with Crippen molar-refractivity contribution in [3.05, 3.63) is 68.4 Å². The maximum absolute atomic E-state index is 11.5. The van der Waals surface area contributed by atoms with E-state index in [0.29, 0.717) is 22.3 Å². The lowest BCUT2D eigenvalue weighted by molar-refractivity contribution is -0.479. The number of hydrogen-bond acceptors (Lipinski definition) is 7. The summed E-state index contributed by atoms with van der Waals surface area (Å²) >= 11 is 4.68. The van der Waals surface area contributed by atoms with Crippen molar-refractivity contribution >= 4 is 27.7 Å². The quantitative estimate of drug-likeness (QED) is 0.184. The van der Waals surface area contributed by atoms with E-state index in [1.54, 1.807) is 25.3 Å². The second-order valence-electron chi connectivity index (χ2n) is 6.36. The Morgan fingerprint density at radius 1 is 1.29 bits per heavy atom. The van der Waals surface area contributed by atoms with Gasteiger partial charge in [0.1, 0.15) is 29.2 Å². The Kier molecular flexibility index (Phi) is 7.55. The molecule has 0 bridgehead atoms. The molecule has 160 valence electrons. The average Bonchev–Trinajstić information content (AvgIpc) is 3.12. The molecule has 31 heavy (non-hydrogen) atoms. The van der Waals surface area contributed by atoms with Gasteiger partial charge in [-0.1, -0.05) is 33.6 Å². The van der Waals surface area contributed by atoms with Gasteiger partial charge in [-0.15, -0.1) is 16.6 Å². The second-order valence-corrected chi connectivity index (χ2v) is 8.45. The summed E-state index contributed by atoms with van der Waals surface area (Å²) in [4.78, 5) is 11.1. The summed E-state index contributed by atoms with van der Waals surface area (Å²) in [6.45, 7) is 1.55. The summed E-state index contributed by atoms with van der Waals surface area (Å²) in [5.74, 6) is 4.29. The summed E-state index contributed by atoms with van der Waals surface area (Å²) in [6, 6.07) is 12.8. The summed E-state index contributed by atoms with van der Waals surface area (Å²) in [7, 11) is 1.60. The first-order valence-corrected chi connectivity index (χ1v) is 10.8. The molecule has 3 aromatic rings. The number of methoxy groups -OCH3 is 1. The lowest BCUT2D eigenvalue weighted by Crippen LogP contribution is -2.13. The topological polar surface area (TPSA) is 92.3 Å². The van der Waals surface area contributed by atoms with E-state index in [-0.39, 0.29) is 18.1 Å². The summed E-state index contributed by atoms with van der Waals surface area (Å²) in [5.41, 5.74) is 1.47. The Morgan fingerprint density at radius 3 is 2.68 bits per heavy atom. The molecule has 0 amide bonds. The van der Waals surface area contributed by atoms with Gasteiger partial charge in [0.25, 0.3) is 0 Å². The SMILES string of the molecule is C#CCOc1ccc(Br)cc1[C@@H](C[N+](=O)[O-])Sc1nnc(C)n1-c1ccc(OC)cc1. The van der Waals surface area contributed by atoms with Crippen LogP contribution in [-0.4, -0.2) is 39.9 Å². The van der Waals surface area contributed by atoms with E-state index in [1.165, 1.54) is 11.8 Å². The molecule has 0 spiro atoms. The molecule has 0 fully saturated rings. The molecule has 10 heteroatoms. The third kappa shape index (κ3) is 5.57. The second kappa shape index (κ2) is 10.3. The van der Waals surface area contributed by atoms with Gasteiger partial charge in [0.15, 0.2) is 5.16 Å². The Labute approximate surface area is 192 Å². The van der Waals surface area contributed by atoms with Crippen LogP contribution in [-0.2, 0) is 0 Å². The highest BCUT2D eigenvalue weighted by Gasteiger charge is 2.27. The molecule has 1 aromatic heterocycles. The number of ether oxygens (including phenoxy) is 2. The number of rotatable bonds is 9. The van der Waals surface area contributed by atoms with Gasteiger partial charge in [-0.2, -0.15) is 0 Å². The number of aryl methyl sites for hydroxylation is 1. The van der Waals surface area contributed by atoms with Crippen LogP contribution in [0.1, 0.15) is 16.6 Å². The number of halogens is 1. The summed E-state index contributed by atoms with van der Waals surface area (Å²) in [5, 5.41) is 19.8. The van der Waals surface area contributed by atoms with Crippen molar-refractivity contribution in [1.29, 1.82) is 0 Å². The highest BCUT2D eigenvalue weighted by molar-refractivity contribution is 9.10. The van der Waals surface area contributed by atoms with Crippen molar-refractivity contribution in [2.24, 2.45) is 0 Å². The van der Waals surface area contributed by atoms with Crippen LogP contribution in [0.25, 0.3) is 5.69 Å². The molecule has 0 aliphatic rings. The van der Waals surface area contributed by atoms with Crippen LogP contribution in [0, 0.1) is 29.4 Å². The molecule has 8 nitrogen and oxygen atoms in total. The summed E-state index contributed by atoms with van der Waals surface area (Å²) in [6.07, 6.45) is 5.32. The normalized spacial score (nSPS) is 11.5. The van der Waals surface area contributed by atoms with E-state index in [4.69, 9.17) is 15.9 Å². The fourth-order valence-corrected chi connectivity index (χ4v) is 4.50. The molecule has 0 saturated heterocycles. The van der Waals surface area contributed by atoms with E-state index >= 15 is 0 Å². The zero-order valence-corrected chi connectivity index (χ0v) is 19.2. The summed E-state index contributed by atoms with van der Waals surface area (Å²) < 4.78 is 13.5. The molecule has 2 aromatic carbocycles. The zero-order chi connectivity index (χ0) is 22.4. The number of terminal acetylenes is 1. The van der Waals surface area contributed by atoms with Crippen LogP contribution >= 0.6 is 27.7 Å². The van der Waals surface area contributed by atoms with Gasteiger partial charge in [-0.25, -0.2) is 0 Å². The highest BCUT2D eigenvalue weighted by atomic mass is 79.9. The molecule has 0 saturated carbocycles. The molecular formula is C21H19BrN4O4S. The van der Waals surface area contributed by atoms with Crippen LogP contribution in [0.15, 0.2) is 52.1 Å². The molecule has 0 N–H and O–H groups in total. The molecule has 0 unspecified atom stereocenters. The van der Waals surface area contributed by atoms with E-state index in [9.17, 15) is 10.1 Å². The van der Waals surface area contributed by atoms with Gasteiger partial charge < -0.3 is 9.47 Å². The third-order valence-corrected chi connectivity index (χ3v) is 5.97. The molecule has 3 rings (SSSR count). The third-order valence-electron chi connectivity index (χ3n) is 4.32. The lowest BCUT2D eigenvalue weighted by atomic mass is 10.1. The van der Waals surface area contributed by atoms with Gasteiger partial charge in [-0.3, -0.25) is 14.7 Å². The van der Waals surface area contributed by atoms with Crippen molar-refractivity contribution in [3.8, 4) is 29.5 Å². The van der Waals surface area contributed by atoms with Crippen molar-refractivity contribution in [2.45, 2.75) is 17.3 Å². The highest BCUT2D eigenvalue weighted by Crippen LogP contribution is 2.41. The predicted octanol–water partition coefficient (Wildman–Crippen LogP) is 4.47. The van der Waals surface area contributed by atoms with Crippen LogP contribution in [0.4, 0.5) is 0 Å². The molecule has 1 heterocycles. The Bertz CT molecular complexity index is 1110. The van der Waals surface area contributed by atoms with Crippen molar-refractivity contribution in [3.63, 3.8) is 0 Å². The Hall–Kier alpha value is -3.03. The molecule has 0 radical (unpaired) electrons. The predicted molar refractivity (Wildman–Crippen MR) is 122 cm³/mol. The fraction of sp³-hybridized carbons (Fsp3) is 0.238. The minimum absolute atomic E-state index is 0.0611. The number of benzene rings is 2. The molecule has 0 aliphatic heterocycles. The Balaban J connectivity index is 2.01. The number of aromatic nitrogens is 3. The number of nitrogens with zero attached hydrogens (tertiary/aromatic N) is 4. The van der Waals surface area contributed by atoms with Gasteiger partial charge in [0, 0.05) is 20.6 Å². The van der Waals surface area contributed by atoms with E-state index in [2.05, 4.69) is 32.0 Å². The van der Waals surface area contributed by atoms with Gasteiger partial charge >= 0.3 is 0 Å². The molecule has 1 atom stereocenters. The van der Waals surface area contributed by atoms with Crippen molar-refractivity contribution in [2.75, 3.05) is 20.3 Å². The van der Waals surface area contributed by atoms with Crippen molar-refractivity contribution < 1.29 is 14.4 Å². The Morgan fingerprint density at radius 2 is 2.03 bits per heavy atom. The first-order chi connectivity index (χ1) is 14.9. The number of thioether (sulfide) groups is 1. The maximum Gasteiger partial charge on any atom is 0.220 e. The minimum Gasteiger partial charge on any atom is -0.497 e. The fourth-order valence-electron chi connectivity index (χ4n) is 2.93. The average molecular weight is 503 g/mol. The molecule has 0 aliphatic carbocycles. The smallest absolute Gasteiger partial charge is 0.220 e. The first-order valence-electron chi connectivity index (χ1n) is 9.13. The minimum atomic E-state index is -0.583. The number of hydrogen-bond donors (Lipinski definition) is 0. The van der Waals surface area contributed by atoms with Crippen LogP contribution in [0.2, 0.25) is 0 Å². The van der Waals surface area contributed by atoms with Crippen LogP contribution in [0.5, 0.6) is 11.5 Å². The lowest BCUT2D eigenvalue weighted by Gasteiger charge is -2.18. The van der Waals surface area contributed by atoms with Crippen molar-refractivity contribution in [1.82, 2.24) is 14.8 Å². The standard InChI is InChI=1S/C21H19BrN4O4S/c1-4-11-30-19-10-5-15(22)12-18(19)20(13-25(27)28)31-21-24-23-14(2)26(21)16-6-8-17(29-3)9-7-16/h1,5-10,12,20H,11,13H2,2-3H3/t20-/m1/s1. The monoisotopic (exact) mass is 502 g/mol. The largest absolute Gasteiger partial charge is 0.497 e. The van der Waals surface area contributed by atoms with E-state index < -0.39 is 5.25 Å². The zero-order valence-electron chi connectivity index (χ0n) is 16.8. The number of nitro groups is 1. The first kappa shape index (κ1) is 22.7. The van der Waals surface area contributed by atoms with Crippen LogP contribution < -0.4 is 9.47 Å². The van der Waals surface area contributed by atoms with Gasteiger partial charge in [-0.05, 0) is 49.4 Å². The molecular weight excluding hydrogens is 484 g/mol. The van der Waals surface area contributed by atoms with Gasteiger partial charge in [0.05, 0.1) is 7.11 Å². The maximum atomic E-state index is 11.5.